The first-order valence-corrected chi connectivity index (χ1v) is 4.76. The van der Waals surface area contributed by atoms with E-state index in [-0.39, 0.29) is 31.4 Å². The molecular weight excluding hydrogens is 212 g/mol. The van der Waals surface area contributed by atoms with Crippen molar-refractivity contribution in [2.45, 2.75) is 0 Å². The van der Waals surface area contributed by atoms with Crippen LogP contribution in [0.3, 0.4) is 0 Å². The second kappa shape index (κ2) is 6.78. The maximum absolute atomic E-state index is 11.4. The summed E-state index contributed by atoms with van der Waals surface area (Å²) < 4.78 is 0. The van der Waals surface area contributed by atoms with Gasteiger partial charge in [-0.15, -0.1) is 0 Å². The van der Waals surface area contributed by atoms with E-state index in [4.69, 9.17) is 5.73 Å². The van der Waals surface area contributed by atoms with Crippen molar-refractivity contribution in [1.29, 1.82) is 0 Å². The number of nitrogens with zero attached hydrogens (tertiary/aromatic N) is 2. The maximum Gasteiger partial charge on any atom is 0.242 e. The Labute approximate surface area is 94.6 Å². The van der Waals surface area contributed by atoms with Gasteiger partial charge in [-0.25, -0.2) is 0 Å². The Bertz CT molecular complexity index is 278. The van der Waals surface area contributed by atoms with Gasteiger partial charge in [0.25, 0.3) is 0 Å². The number of amides is 3. The lowest BCUT2D eigenvalue weighted by molar-refractivity contribution is -0.134. The molecule has 92 valence electrons. The zero-order valence-electron chi connectivity index (χ0n) is 9.82. The largest absolute Gasteiger partial charge is 0.368 e. The molecule has 0 heterocycles. The van der Waals surface area contributed by atoms with Gasteiger partial charge >= 0.3 is 0 Å². The number of hydrogen-bond donors (Lipinski definition) is 2. The molecule has 0 aliphatic carbocycles. The predicted octanol–water partition coefficient (Wildman–Crippen LogP) is -2.39. The Morgan fingerprint density at radius 3 is 2.12 bits per heavy atom. The Morgan fingerprint density at radius 2 is 1.69 bits per heavy atom. The zero-order chi connectivity index (χ0) is 12.7. The average Bonchev–Trinajstić information content (AvgIpc) is 2.11. The molecule has 0 aliphatic rings. The molecule has 0 atom stereocenters. The molecular formula is C9H18N4O3. The number of primary amides is 1. The minimum absolute atomic E-state index is 0.129. The molecule has 0 aromatic carbocycles. The van der Waals surface area contributed by atoms with Crippen molar-refractivity contribution in [3.8, 4) is 0 Å². The van der Waals surface area contributed by atoms with E-state index >= 15 is 0 Å². The van der Waals surface area contributed by atoms with Gasteiger partial charge in [-0.05, 0) is 14.1 Å². The molecule has 0 spiro atoms. The van der Waals surface area contributed by atoms with Gasteiger partial charge in [0.1, 0.15) is 0 Å². The SMILES string of the molecule is CN(C)CC(=O)NCC(=O)N(C)CC(N)=O. The fourth-order valence-corrected chi connectivity index (χ4v) is 0.974. The first-order chi connectivity index (χ1) is 7.32. The molecule has 0 aromatic heterocycles. The van der Waals surface area contributed by atoms with Crippen LogP contribution in [0.2, 0.25) is 0 Å². The highest BCUT2D eigenvalue weighted by molar-refractivity contribution is 5.88. The number of carbonyl (C=O) groups excluding carboxylic acids is 3. The Balaban J connectivity index is 3.88. The monoisotopic (exact) mass is 230 g/mol. The van der Waals surface area contributed by atoms with Crippen LogP contribution < -0.4 is 11.1 Å². The first kappa shape index (κ1) is 14.4. The number of rotatable bonds is 6. The van der Waals surface area contributed by atoms with Crippen molar-refractivity contribution in [2.75, 3.05) is 40.8 Å². The van der Waals surface area contributed by atoms with Crippen molar-refractivity contribution in [2.24, 2.45) is 5.73 Å². The van der Waals surface area contributed by atoms with Gasteiger partial charge in [-0.2, -0.15) is 0 Å². The topological polar surface area (TPSA) is 95.7 Å². The number of nitrogens with one attached hydrogen (secondary N) is 1. The van der Waals surface area contributed by atoms with Gasteiger partial charge in [-0.3, -0.25) is 14.4 Å². The molecule has 0 saturated heterocycles. The van der Waals surface area contributed by atoms with E-state index in [0.717, 1.165) is 4.90 Å². The summed E-state index contributed by atoms with van der Waals surface area (Å²) in [6.07, 6.45) is 0. The van der Waals surface area contributed by atoms with Crippen molar-refractivity contribution in [1.82, 2.24) is 15.1 Å². The fourth-order valence-electron chi connectivity index (χ4n) is 0.974. The highest BCUT2D eigenvalue weighted by Gasteiger charge is 2.12. The molecule has 0 radical (unpaired) electrons. The minimum Gasteiger partial charge on any atom is -0.368 e. The second-order valence-electron chi connectivity index (χ2n) is 3.73. The van der Waals surface area contributed by atoms with Crippen molar-refractivity contribution in [3.05, 3.63) is 0 Å². The normalized spacial score (nSPS) is 10.0. The molecule has 0 unspecified atom stereocenters. The summed E-state index contributed by atoms with van der Waals surface area (Å²) in [5, 5.41) is 2.44. The molecule has 0 aromatic rings. The zero-order valence-corrected chi connectivity index (χ0v) is 9.82. The van der Waals surface area contributed by atoms with E-state index in [0.29, 0.717) is 0 Å². The third-order valence-corrected chi connectivity index (χ3v) is 1.72. The quantitative estimate of drug-likeness (QED) is 0.532. The van der Waals surface area contributed by atoms with Crippen LogP contribution in [-0.2, 0) is 14.4 Å². The predicted molar refractivity (Wildman–Crippen MR) is 58.4 cm³/mol. The number of carbonyl (C=O) groups is 3. The third-order valence-electron chi connectivity index (χ3n) is 1.72. The lowest BCUT2D eigenvalue weighted by Gasteiger charge is -2.16. The summed E-state index contributed by atoms with van der Waals surface area (Å²) in [7, 11) is 4.95. The van der Waals surface area contributed by atoms with Crippen LogP contribution in [0.4, 0.5) is 0 Å². The molecule has 0 fully saturated rings. The summed E-state index contributed by atoms with van der Waals surface area (Å²) in [4.78, 5) is 35.9. The first-order valence-electron chi connectivity index (χ1n) is 4.76. The Kier molecular flexibility index (Phi) is 6.09. The number of likely N-dealkylation sites (N-methyl/N-ethyl adjacent to an activating group) is 2. The van der Waals surface area contributed by atoms with Crippen LogP contribution >= 0.6 is 0 Å². The standard InChI is InChI=1S/C9H18N4O3/c1-12(2)6-8(15)11-4-9(16)13(3)5-7(10)14/h4-6H2,1-3H3,(H2,10,14)(H,11,15). The number of nitrogens with two attached hydrogens (primary N) is 1. The molecule has 16 heavy (non-hydrogen) atoms. The molecule has 0 aliphatic heterocycles. The van der Waals surface area contributed by atoms with Gasteiger partial charge in [0.15, 0.2) is 0 Å². The van der Waals surface area contributed by atoms with Crippen LogP contribution in [0.1, 0.15) is 0 Å². The van der Waals surface area contributed by atoms with Crippen molar-refractivity contribution in [3.63, 3.8) is 0 Å². The lowest BCUT2D eigenvalue weighted by atomic mass is 10.4. The van der Waals surface area contributed by atoms with Crippen LogP contribution in [0.15, 0.2) is 0 Å². The van der Waals surface area contributed by atoms with Gasteiger partial charge in [0, 0.05) is 7.05 Å². The molecule has 0 bridgehead atoms. The highest BCUT2D eigenvalue weighted by atomic mass is 16.2. The molecule has 7 heteroatoms. The van der Waals surface area contributed by atoms with Gasteiger partial charge in [0.2, 0.25) is 17.7 Å². The average molecular weight is 230 g/mol. The third kappa shape index (κ3) is 6.77. The Hall–Kier alpha value is -1.63. The lowest BCUT2D eigenvalue weighted by Crippen LogP contribution is -2.43. The molecule has 3 amide bonds. The van der Waals surface area contributed by atoms with E-state index in [1.165, 1.54) is 7.05 Å². The van der Waals surface area contributed by atoms with E-state index in [9.17, 15) is 14.4 Å². The summed E-state index contributed by atoms with van der Waals surface area (Å²) >= 11 is 0. The van der Waals surface area contributed by atoms with E-state index in [1.54, 1.807) is 19.0 Å². The van der Waals surface area contributed by atoms with Crippen molar-refractivity contribution < 1.29 is 14.4 Å². The van der Waals surface area contributed by atoms with Gasteiger partial charge in [-0.1, -0.05) is 0 Å². The Morgan fingerprint density at radius 1 is 1.12 bits per heavy atom. The van der Waals surface area contributed by atoms with Crippen LogP contribution in [-0.4, -0.2) is 68.3 Å². The molecule has 0 rings (SSSR count). The summed E-state index contributed by atoms with van der Waals surface area (Å²) in [6, 6.07) is 0. The molecule has 0 saturated carbocycles. The van der Waals surface area contributed by atoms with E-state index < -0.39 is 5.91 Å². The smallest absolute Gasteiger partial charge is 0.242 e. The summed E-state index contributed by atoms with van der Waals surface area (Å²) in [5.41, 5.74) is 4.93. The van der Waals surface area contributed by atoms with E-state index in [2.05, 4.69) is 5.32 Å². The van der Waals surface area contributed by atoms with E-state index in [1.807, 2.05) is 0 Å². The second-order valence-corrected chi connectivity index (χ2v) is 3.73. The maximum atomic E-state index is 11.4. The summed E-state index contributed by atoms with van der Waals surface area (Å²) in [5.74, 6) is -1.19. The number of hydrogen-bond acceptors (Lipinski definition) is 4. The minimum atomic E-state index is -0.588. The van der Waals surface area contributed by atoms with Crippen LogP contribution in [0.5, 0.6) is 0 Å². The van der Waals surface area contributed by atoms with Crippen LogP contribution in [0, 0.1) is 0 Å². The highest BCUT2D eigenvalue weighted by Crippen LogP contribution is 1.83. The molecule has 7 nitrogen and oxygen atoms in total. The molecule has 3 N–H and O–H groups in total. The van der Waals surface area contributed by atoms with Gasteiger partial charge in [0.05, 0.1) is 19.6 Å². The van der Waals surface area contributed by atoms with Gasteiger partial charge < -0.3 is 20.9 Å². The fraction of sp³-hybridized carbons (Fsp3) is 0.667. The van der Waals surface area contributed by atoms with Crippen LogP contribution in [0.25, 0.3) is 0 Å². The summed E-state index contributed by atoms with van der Waals surface area (Å²) in [6.45, 7) is -0.0638. The van der Waals surface area contributed by atoms with Crippen molar-refractivity contribution >= 4 is 17.7 Å².